The Balaban J connectivity index is 2.30. The minimum Gasteiger partial charge on any atom is -0.326 e. The van der Waals surface area contributed by atoms with Crippen molar-refractivity contribution < 1.29 is 13.2 Å². The third kappa shape index (κ3) is 4.30. The van der Waals surface area contributed by atoms with Crippen molar-refractivity contribution in [3.8, 4) is 0 Å². The third-order valence-electron chi connectivity index (χ3n) is 4.22. The topological polar surface area (TPSA) is 92.5 Å². The van der Waals surface area contributed by atoms with Gasteiger partial charge in [-0.25, -0.2) is 8.42 Å². The Hall–Kier alpha value is -2.22. The summed E-state index contributed by atoms with van der Waals surface area (Å²) in [6.07, 6.45) is 0. The molecule has 0 aliphatic heterocycles. The van der Waals surface area contributed by atoms with Gasteiger partial charge in [0.15, 0.2) is 0 Å². The number of hydrogen-bond acceptors (Lipinski definition) is 4. The fraction of sp³-hybridized carbons (Fsp3) is 0.316. The molecule has 26 heavy (non-hydrogen) atoms. The SMILES string of the molecule is CCN(CC)S(=O)(=O)c1cc(NC(=O)c2ccc(CN)cc2)ccc1C. The van der Waals surface area contributed by atoms with Crippen LogP contribution in [0.15, 0.2) is 47.4 Å². The number of aryl methyl sites for hydroxylation is 1. The van der Waals surface area contributed by atoms with E-state index in [0.29, 0.717) is 36.4 Å². The van der Waals surface area contributed by atoms with Crippen LogP contribution < -0.4 is 11.1 Å². The molecule has 2 aromatic carbocycles. The number of sulfonamides is 1. The summed E-state index contributed by atoms with van der Waals surface area (Å²) in [6.45, 7) is 6.53. The van der Waals surface area contributed by atoms with Gasteiger partial charge in [0.2, 0.25) is 10.0 Å². The molecule has 2 rings (SSSR count). The molecular weight excluding hydrogens is 350 g/mol. The maximum atomic E-state index is 12.8. The number of benzene rings is 2. The smallest absolute Gasteiger partial charge is 0.255 e. The zero-order valence-electron chi connectivity index (χ0n) is 15.3. The molecule has 0 aliphatic carbocycles. The van der Waals surface area contributed by atoms with Crippen LogP contribution in [0.4, 0.5) is 5.69 Å². The van der Waals surface area contributed by atoms with E-state index in [2.05, 4.69) is 5.32 Å². The van der Waals surface area contributed by atoms with E-state index in [1.54, 1.807) is 57.2 Å². The van der Waals surface area contributed by atoms with Crippen molar-refractivity contribution in [2.24, 2.45) is 5.73 Å². The second kappa shape index (κ2) is 8.44. The van der Waals surface area contributed by atoms with Crippen LogP contribution in [0.5, 0.6) is 0 Å². The van der Waals surface area contributed by atoms with Gasteiger partial charge in [-0.3, -0.25) is 4.79 Å². The molecule has 1 amide bonds. The Kier molecular flexibility index (Phi) is 6.52. The second-order valence-corrected chi connectivity index (χ2v) is 7.83. The van der Waals surface area contributed by atoms with Crippen LogP contribution >= 0.6 is 0 Å². The van der Waals surface area contributed by atoms with Crippen molar-refractivity contribution in [1.29, 1.82) is 0 Å². The van der Waals surface area contributed by atoms with E-state index in [1.165, 1.54) is 10.4 Å². The summed E-state index contributed by atoms with van der Waals surface area (Å²) in [5.41, 5.74) is 8.05. The average Bonchev–Trinajstić information content (AvgIpc) is 2.64. The summed E-state index contributed by atoms with van der Waals surface area (Å²) < 4.78 is 27.0. The van der Waals surface area contributed by atoms with Gasteiger partial charge in [-0.1, -0.05) is 32.0 Å². The molecule has 0 spiro atoms. The van der Waals surface area contributed by atoms with Crippen molar-refractivity contribution in [3.05, 3.63) is 59.2 Å². The highest BCUT2D eigenvalue weighted by atomic mass is 32.2. The largest absolute Gasteiger partial charge is 0.326 e. The van der Waals surface area contributed by atoms with Crippen molar-refractivity contribution in [2.45, 2.75) is 32.2 Å². The molecule has 6 nitrogen and oxygen atoms in total. The van der Waals surface area contributed by atoms with Gasteiger partial charge in [0.05, 0.1) is 4.90 Å². The number of rotatable bonds is 7. The lowest BCUT2D eigenvalue weighted by Crippen LogP contribution is -2.31. The van der Waals surface area contributed by atoms with Gasteiger partial charge < -0.3 is 11.1 Å². The van der Waals surface area contributed by atoms with Gasteiger partial charge in [0.1, 0.15) is 0 Å². The molecule has 7 heteroatoms. The van der Waals surface area contributed by atoms with E-state index in [1.807, 2.05) is 0 Å². The van der Waals surface area contributed by atoms with Crippen LogP contribution in [0, 0.1) is 6.92 Å². The molecule has 0 saturated carbocycles. The highest BCUT2D eigenvalue weighted by Gasteiger charge is 2.24. The number of nitrogens with two attached hydrogens (primary N) is 1. The number of nitrogens with one attached hydrogen (secondary N) is 1. The molecule has 140 valence electrons. The van der Waals surface area contributed by atoms with Gasteiger partial charge >= 0.3 is 0 Å². The molecular formula is C19H25N3O3S. The first-order chi connectivity index (χ1) is 12.3. The fourth-order valence-electron chi connectivity index (χ4n) is 2.65. The lowest BCUT2D eigenvalue weighted by Gasteiger charge is -2.20. The molecule has 0 bridgehead atoms. The minimum absolute atomic E-state index is 0.206. The summed E-state index contributed by atoms with van der Waals surface area (Å²) in [5, 5.41) is 2.76. The monoisotopic (exact) mass is 375 g/mol. The summed E-state index contributed by atoms with van der Waals surface area (Å²) in [4.78, 5) is 12.6. The lowest BCUT2D eigenvalue weighted by molar-refractivity contribution is 0.102. The summed E-state index contributed by atoms with van der Waals surface area (Å²) >= 11 is 0. The van der Waals surface area contributed by atoms with Crippen LogP contribution in [0.1, 0.15) is 35.3 Å². The number of anilines is 1. The fourth-order valence-corrected chi connectivity index (χ4v) is 4.36. The normalized spacial score (nSPS) is 11.6. The predicted octanol–water partition coefficient (Wildman–Crippen LogP) is 2.74. The number of carbonyl (C=O) groups is 1. The quantitative estimate of drug-likeness (QED) is 0.778. The van der Waals surface area contributed by atoms with E-state index in [0.717, 1.165) is 5.56 Å². The first-order valence-corrected chi connectivity index (χ1v) is 9.98. The number of nitrogens with zero attached hydrogens (tertiary/aromatic N) is 1. The maximum Gasteiger partial charge on any atom is 0.255 e. The summed E-state index contributed by atoms with van der Waals surface area (Å²) in [6, 6.07) is 11.9. The molecule has 0 aromatic heterocycles. The van der Waals surface area contributed by atoms with E-state index < -0.39 is 10.0 Å². The molecule has 0 atom stereocenters. The third-order valence-corrected chi connectivity index (χ3v) is 6.41. The molecule has 0 heterocycles. The average molecular weight is 375 g/mol. The maximum absolute atomic E-state index is 12.8. The standard InChI is InChI=1S/C19H25N3O3S/c1-4-22(5-2)26(24,25)18-12-17(11-6-14(18)3)21-19(23)16-9-7-15(13-20)8-10-16/h6-12H,4-5,13,20H2,1-3H3,(H,21,23). The highest BCUT2D eigenvalue weighted by molar-refractivity contribution is 7.89. The van der Waals surface area contributed by atoms with Crippen LogP contribution in [-0.4, -0.2) is 31.7 Å². The van der Waals surface area contributed by atoms with Crippen molar-refractivity contribution in [3.63, 3.8) is 0 Å². The second-order valence-electron chi connectivity index (χ2n) is 5.92. The zero-order valence-corrected chi connectivity index (χ0v) is 16.1. The number of amides is 1. The molecule has 0 fully saturated rings. The van der Waals surface area contributed by atoms with E-state index in [-0.39, 0.29) is 10.8 Å². The van der Waals surface area contributed by atoms with Crippen molar-refractivity contribution in [1.82, 2.24) is 4.31 Å². The summed E-state index contributed by atoms with van der Waals surface area (Å²) in [5.74, 6) is -0.302. The van der Waals surface area contributed by atoms with Crippen molar-refractivity contribution >= 4 is 21.6 Å². The Morgan fingerprint density at radius 2 is 1.69 bits per heavy atom. The molecule has 0 saturated heterocycles. The first kappa shape index (κ1) is 20.1. The van der Waals surface area contributed by atoms with Gasteiger partial charge in [-0.2, -0.15) is 4.31 Å². The van der Waals surface area contributed by atoms with Crippen LogP contribution in [-0.2, 0) is 16.6 Å². The molecule has 2 aromatic rings. The van der Waals surface area contributed by atoms with Crippen molar-refractivity contribution in [2.75, 3.05) is 18.4 Å². The first-order valence-electron chi connectivity index (χ1n) is 8.54. The Morgan fingerprint density at radius 1 is 1.08 bits per heavy atom. The van der Waals surface area contributed by atoms with Crippen LogP contribution in [0.2, 0.25) is 0 Å². The van der Waals surface area contributed by atoms with Crippen LogP contribution in [0.25, 0.3) is 0 Å². The van der Waals surface area contributed by atoms with E-state index in [9.17, 15) is 13.2 Å². The lowest BCUT2D eigenvalue weighted by atomic mass is 10.1. The number of hydrogen-bond donors (Lipinski definition) is 2. The highest BCUT2D eigenvalue weighted by Crippen LogP contribution is 2.24. The van der Waals surface area contributed by atoms with E-state index in [4.69, 9.17) is 5.73 Å². The number of carbonyl (C=O) groups excluding carboxylic acids is 1. The molecule has 0 unspecified atom stereocenters. The molecule has 0 radical (unpaired) electrons. The Morgan fingerprint density at radius 3 is 2.23 bits per heavy atom. The Bertz CT molecular complexity index is 873. The summed E-state index contributed by atoms with van der Waals surface area (Å²) in [7, 11) is -3.60. The van der Waals surface area contributed by atoms with Crippen LogP contribution in [0.3, 0.4) is 0 Å². The zero-order chi connectivity index (χ0) is 19.3. The van der Waals surface area contributed by atoms with Gasteiger partial charge in [0, 0.05) is 30.9 Å². The predicted molar refractivity (Wildman–Crippen MR) is 104 cm³/mol. The molecule has 3 N–H and O–H groups in total. The van der Waals surface area contributed by atoms with E-state index >= 15 is 0 Å². The Labute approximate surface area is 155 Å². The van der Waals surface area contributed by atoms with Gasteiger partial charge in [0.25, 0.3) is 5.91 Å². The van der Waals surface area contributed by atoms with Gasteiger partial charge in [-0.15, -0.1) is 0 Å². The molecule has 0 aliphatic rings. The van der Waals surface area contributed by atoms with Gasteiger partial charge in [-0.05, 0) is 42.3 Å². The minimum atomic E-state index is -3.60.